The minimum Gasteiger partial charge on any atom is -0.299 e. The van der Waals surface area contributed by atoms with Crippen LogP contribution in [0.3, 0.4) is 0 Å². The molecule has 0 spiro atoms. The molecule has 1 aliphatic carbocycles. The van der Waals surface area contributed by atoms with Gasteiger partial charge in [-0.1, -0.05) is 38.1 Å². The van der Waals surface area contributed by atoms with Crippen LogP contribution in [0.25, 0.3) is 0 Å². The van der Waals surface area contributed by atoms with Crippen LogP contribution in [-0.4, -0.2) is 11.6 Å². The lowest BCUT2D eigenvalue weighted by Crippen LogP contribution is -2.32. The Hall–Kier alpha value is -1.44. The summed E-state index contributed by atoms with van der Waals surface area (Å²) in [7, 11) is 0. The van der Waals surface area contributed by atoms with Gasteiger partial charge in [0.25, 0.3) is 0 Å². The summed E-state index contributed by atoms with van der Waals surface area (Å²) in [5.74, 6) is -0.367. The largest absolute Gasteiger partial charge is 0.299 e. The molecule has 1 aromatic rings. The lowest BCUT2D eigenvalue weighted by Gasteiger charge is -2.23. The van der Waals surface area contributed by atoms with E-state index in [2.05, 4.69) is 0 Å². The third-order valence-corrected chi connectivity index (χ3v) is 3.21. The van der Waals surface area contributed by atoms with Crippen molar-refractivity contribution in [2.75, 3.05) is 0 Å². The highest BCUT2D eigenvalue weighted by Gasteiger charge is 2.33. The van der Waals surface area contributed by atoms with Crippen LogP contribution in [0.2, 0.25) is 0 Å². The first-order valence-electron chi connectivity index (χ1n) is 5.77. The van der Waals surface area contributed by atoms with Crippen LogP contribution in [0.15, 0.2) is 24.3 Å². The number of rotatable bonds is 2. The highest BCUT2D eigenvalue weighted by Crippen LogP contribution is 2.27. The predicted octanol–water partition coefficient (Wildman–Crippen LogP) is 2.66. The first-order valence-corrected chi connectivity index (χ1v) is 5.77. The molecule has 0 radical (unpaired) electrons. The van der Waals surface area contributed by atoms with Crippen molar-refractivity contribution in [1.29, 1.82) is 0 Å². The van der Waals surface area contributed by atoms with Crippen LogP contribution in [0.1, 0.15) is 36.2 Å². The number of hydrogen-bond acceptors (Lipinski definition) is 2. The van der Waals surface area contributed by atoms with E-state index in [1.165, 1.54) is 0 Å². The summed E-state index contributed by atoms with van der Waals surface area (Å²) in [6.07, 6.45) is 1.51. The Bertz CT molecular complexity index is 432. The van der Waals surface area contributed by atoms with Crippen LogP contribution < -0.4 is 0 Å². The number of carbonyl (C=O) groups excluding carboxylic acids is 2. The molecule has 1 aromatic carbocycles. The van der Waals surface area contributed by atoms with Crippen molar-refractivity contribution >= 4 is 11.6 Å². The molecular weight excluding hydrogens is 200 g/mol. The second kappa shape index (κ2) is 4.20. The standard InChI is InChI=1S/C14H16O2/c1-9(2)13(15)12-8-7-10-5-3-4-6-11(10)14(12)16/h3-6,9,12H,7-8H2,1-2H3. The molecule has 1 atom stereocenters. The number of hydrogen-bond donors (Lipinski definition) is 0. The molecule has 0 aromatic heterocycles. The van der Waals surface area contributed by atoms with Gasteiger partial charge >= 0.3 is 0 Å². The maximum Gasteiger partial charge on any atom is 0.173 e. The van der Waals surface area contributed by atoms with Gasteiger partial charge in [0.15, 0.2) is 5.78 Å². The zero-order chi connectivity index (χ0) is 11.7. The van der Waals surface area contributed by atoms with Gasteiger partial charge in [-0.3, -0.25) is 9.59 Å². The third-order valence-electron chi connectivity index (χ3n) is 3.21. The summed E-state index contributed by atoms with van der Waals surface area (Å²) >= 11 is 0. The van der Waals surface area contributed by atoms with E-state index in [4.69, 9.17) is 0 Å². The molecule has 1 aliphatic rings. The van der Waals surface area contributed by atoms with Crippen molar-refractivity contribution in [3.63, 3.8) is 0 Å². The Morgan fingerprint density at radius 1 is 1.31 bits per heavy atom. The topological polar surface area (TPSA) is 34.1 Å². The van der Waals surface area contributed by atoms with Crippen LogP contribution in [0.5, 0.6) is 0 Å². The fourth-order valence-electron chi connectivity index (χ4n) is 2.27. The van der Waals surface area contributed by atoms with Crippen molar-refractivity contribution < 1.29 is 9.59 Å². The molecule has 0 aliphatic heterocycles. The van der Waals surface area contributed by atoms with Gasteiger partial charge in [0.05, 0.1) is 5.92 Å². The van der Waals surface area contributed by atoms with Crippen molar-refractivity contribution in [1.82, 2.24) is 0 Å². The molecule has 2 rings (SSSR count). The molecule has 2 heteroatoms. The van der Waals surface area contributed by atoms with Crippen molar-refractivity contribution in [3.05, 3.63) is 35.4 Å². The maximum absolute atomic E-state index is 12.1. The second-order valence-electron chi connectivity index (χ2n) is 4.67. The summed E-state index contributed by atoms with van der Waals surface area (Å²) in [6, 6.07) is 7.61. The van der Waals surface area contributed by atoms with Gasteiger partial charge in [-0.25, -0.2) is 0 Å². The first kappa shape index (κ1) is 11.1. The number of aryl methyl sites for hydroxylation is 1. The second-order valence-corrected chi connectivity index (χ2v) is 4.67. The fraction of sp³-hybridized carbons (Fsp3) is 0.429. The van der Waals surface area contributed by atoms with Crippen LogP contribution >= 0.6 is 0 Å². The molecule has 1 unspecified atom stereocenters. The molecule has 16 heavy (non-hydrogen) atoms. The Morgan fingerprint density at radius 3 is 2.69 bits per heavy atom. The lowest BCUT2D eigenvalue weighted by molar-refractivity contribution is -0.124. The summed E-state index contributed by atoms with van der Waals surface area (Å²) in [4.78, 5) is 24.0. The van der Waals surface area contributed by atoms with Gasteiger partial charge in [-0.05, 0) is 18.4 Å². The number of Topliss-reactive ketones (excluding diaryl/α,β-unsaturated/α-hetero) is 2. The van der Waals surface area contributed by atoms with Crippen LogP contribution in [0.4, 0.5) is 0 Å². The Labute approximate surface area is 95.7 Å². The van der Waals surface area contributed by atoms with Gasteiger partial charge in [-0.15, -0.1) is 0 Å². The van der Waals surface area contributed by atoms with Gasteiger partial charge in [0.2, 0.25) is 0 Å². The zero-order valence-corrected chi connectivity index (χ0v) is 9.69. The summed E-state index contributed by atoms with van der Waals surface area (Å²) in [5.41, 5.74) is 1.83. The minimum atomic E-state index is -0.408. The average Bonchev–Trinajstić information content (AvgIpc) is 2.29. The lowest BCUT2D eigenvalue weighted by atomic mass is 9.78. The first-order chi connectivity index (χ1) is 7.61. The van der Waals surface area contributed by atoms with E-state index in [0.29, 0.717) is 6.42 Å². The van der Waals surface area contributed by atoms with E-state index in [0.717, 1.165) is 17.5 Å². The molecule has 0 fully saturated rings. The average molecular weight is 216 g/mol. The number of fused-ring (bicyclic) bond motifs is 1. The maximum atomic E-state index is 12.1. The number of ketones is 2. The minimum absolute atomic E-state index is 0.0144. The highest BCUT2D eigenvalue weighted by atomic mass is 16.2. The zero-order valence-electron chi connectivity index (χ0n) is 9.69. The van der Waals surface area contributed by atoms with E-state index in [-0.39, 0.29) is 17.5 Å². The van der Waals surface area contributed by atoms with Gasteiger partial charge < -0.3 is 0 Å². The Balaban J connectivity index is 2.31. The predicted molar refractivity (Wildman–Crippen MR) is 62.4 cm³/mol. The molecule has 2 nitrogen and oxygen atoms in total. The quantitative estimate of drug-likeness (QED) is 0.712. The fourth-order valence-corrected chi connectivity index (χ4v) is 2.27. The molecule has 0 bridgehead atoms. The van der Waals surface area contributed by atoms with Crippen molar-refractivity contribution in [3.8, 4) is 0 Å². The molecule has 0 heterocycles. The molecule has 0 amide bonds. The Kier molecular flexibility index (Phi) is 2.90. The molecule has 0 saturated carbocycles. The van der Waals surface area contributed by atoms with Crippen molar-refractivity contribution in [2.45, 2.75) is 26.7 Å². The van der Waals surface area contributed by atoms with Crippen LogP contribution in [-0.2, 0) is 11.2 Å². The molecular formula is C14H16O2. The van der Waals surface area contributed by atoms with Gasteiger partial charge in [-0.2, -0.15) is 0 Å². The normalized spacial score (nSPS) is 19.7. The summed E-state index contributed by atoms with van der Waals surface area (Å²) < 4.78 is 0. The molecule has 0 N–H and O–H groups in total. The van der Waals surface area contributed by atoms with Gasteiger partial charge in [0.1, 0.15) is 5.78 Å². The molecule has 0 saturated heterocycles. The Morgan fingerprint density at radius 2 is 2.00 bits per heavy atom. The smallest absolute Gasteiger partial charge is 0.173 e. The summed E-state index contributed by atoms with van der Waals surface area (Å²) in [5, 5.41) is 0. The van der Waals surface area contributed by atoms with Crippen molar-refractivity contribution in [2.24, 2.45) is 11.8 Å². The third kappa shape index (κ3) is 1.80. The number of benzene rings is 1. The van der Waals surface area contributed by atoms with E-state index in [1.54, 1.807) is 0 Å². The van der Waals surface area contributed by atoms with E-state index in [9.17, 15) is 9.59 Å². The van der Waals surface area contributed by atoms with E-state index in [1.807, 2.05) is 38.1 Å². The SMILES string of the molecule is CC(C)C(=O)C1CCc2ccccc2C1=O. The van der Waals surface area contributed by atoms with Gasteiger partial charge in [0, 0.05) is 11.5 Å². The van der Waals surface area contributed by atoms with Crippen LogP contribution in [0, 0.1) is 11.8 Å². The monoisotopic (exact) mass is 216 g/mol. The molecule has 84 valence electrons. The van der Waals surface area contributed by atoms with E-state index >= 15 is 0 Å². The number of carbonyl (C=O) groups is 2. The van der Waals surface area contributed by atoms with E-state index < -0.39 is 5.92 Å². The summed E-state index contributed by atoms with van der Waals surface area (Å²) in [6.45, 7) is 3.71. The highest BCUT2D eigenvalue weighted by molar-refractivity contribution is 6.12.